The van der Waals surface area contributed by atoms with E-state index >= 15 is 0 Å². The molecule has 0 saturated carbocycles. The second-order valence-corrected chi connectivity index (χ2v) is 4.12. The van der Waals surface area contributed by atoms with Gasteiger partial charge >= 0.3 is 5.97 Å². The first-order valence-corrected chi connectivity index (χ1v) is 5.67. The summed E-state index contributed by atoms with van der Waals surface area (Å²) in [6.45, 7) is 0. The molecule has 0 aliphatic rings. The van der Waals surface area contributed by atoms with E-state index in [1.54, 1.807) is 13.1 Å². The highest BCUT2D eigenvalue weighted by Crippen LogP contribution is 2.15. The van der Waals surface area contributed by atoms with Crippen molar-refractivity contribution in [3.8, 4) is 11.4 Å². The molecule has 0 radical (unpaired) electrons. The summed E-state index contributed by atoms with van der Waals surface area (Å²) in [4.78, 5) is 31.0. The molecule has 0 aliphatic carbocycles. The van der Waals surface area contributed by atoms with Crippen LogP contribution in [0.5, 0.6) is 0 Å². The minimum Gasteiger partial charge on any atom is -0.477 e. The molecule has 8 heteroatoms. The number of carboxylic acids is 1. The van der Waals surface area contributed by atoms with Crippen LogP contribution >= 0.6 is 0 Å². The van der Waals surface area contributed by atoms with Gasteiger partial charge in [-0.1, -0.05) is 0 Å². The van der Waals surface area contributed by atoms with Crippen LogP contribution in [-0.4, -0.2) is 35.2 Å². The van der Waals surface area contributed by atoms with Crippen molar-refractivity contribution in [1.82, 2.24) is 24.1 Å². The highest BCUT2D eigenvalue weighted by molar-refractivity contribution is 5.86. The summed E-state index contributed by atoms with van der Waals surface area (Å²) in [7, 11) is 1.56. The summed E-state index contributed by atoms with van der Waals surface area (Å²) in [5.74, 6) is -1.17. The van der Waals surface area contributed by atoms with Crippen molar-refractivity contribution >= 4 is 11.6 Å². The van der Waals surface area contributed by atoms with Gasteiger partial charge in [0.15, 0.2) is 0 Å². The summed E-state index contributed by atoms with van der Waals surface area (Å²) in [5.41, 5.74) is 0.718. The van der Waals surface area contributed by atoms with E-state index in [2.05, 4.69) is 15.1 Å². The lowest BCUT2D eigenvalue weighted by Gasteiger charge is -2.05. The molecule has 8 nitrogen and oxygen atoms in total. The van der Waals surface area contributed by atoms with Crippen LogP contribution in [0.2, 0.25) is 0 Å². The number of aromatic nitrogens is 5. The van der Waals surface area contributed by atoms with Crippen LogP contribution in [0.3, 0.4) is 0 Å². The molecule has 100 valence electrons. The second-order valence-electron chi connectivity index (χ2n) is 4.12. The van der Waals surface area contributed by atoms with E-state index in [4.69, 9.17) is 5.11 Å². The summed E-state index contributed by atoms with van der Waals surface area (Å²) >= 11 is 0. The summed E-state index contributed by atoms with van der Waals surface area (Å²) in [6.07, 6.45) is 4.56. The Morgan fingerprint density at radius 3 is 2.70 bits per heavy atom. The quantitative estimate of drug-likeness (QED) is 0.713. The SMILES string of the molecule is Cn1c(C(=O)O)cc(=O)n2nc(-c3cnccn3)cc12. The molecule has 0 saturated heterocycles. The predicted molar refractivity (Wildman–Crippen MR) is 68.4 cm³/mol. The van der Waals surface area contributed by atoms with E-state index < -0.39 is 11.5 Å². The Morgan fingerprint density at radius 1 is 1.25 bits per heavy atom. The van der Waals surface area contributed by atoms with Crippen LogP contribution in [0.1, 0.15) is 10.5 Å². The monoisotopic (exact) mass is 271 g/mol. The van der Waals surface area contributed by atoms with Crippen LogP contribution in [0.25, 0.3) is 17.0 Å². The first kappa shape index (κ1) is 12.0. The molecule has 0 fully saturated rings. The molecule has 0 bridgehead atoms. The van der Waals surface area contributed by atoms with Gasteiger partial charge in [0.2, 0.25) is 0 Å². The molecular weight excluding hydrogens is 262 g/mol. The Bertz CT molecular complexity index is 866. The first-order valence-electron chi connectivity index (χ1n) is 5.67. The summed E-state index contributed by atoms with van der Waals surface area (Å²) in [5, 5.41) is 13.2. The molecule has 3 aromatic rings. The van der Waals surface area contributed by atoms with Crippen molar-refractivity contribution in [2.45, 2.75) is 0 Å². The molecule has 1 N–H and O–H groups in total. The molecule has 3 rings (SSSR count). The van der Waals surface area contributed by atoms with E-state index in [0.29, 0.717) is 17.0 Å². The Morgan fingerprint density at radius 2 is 2.05 bits per heavy atom. The molecule has 0 spiro atoms. The van der Waals surface area contributed by atoms with Gasteiger partial charge in [0, 0.05) is 31.6 Å². The Labute approximate surface area is 112 Å². The number of aryl methyl sites for hydroxylation is 1. The lowest BCUT2D eigenvalue weighted by Crippen LogP contribution is -2.21. The maximum atomic E-state index is 11.9. The van der Waals surface area contributed by atoms with Gasteiger partial charge in [-0.3, -0.25) is 14.8 Å². The third-order valence-corrected chi connectivity index (χ3v) is 2.91. The molecule has 0 aromatic carbocycles. The van der Waals surface area contributed by atoms with Gasteiger partial charge in [-0.15, -0.1) is 0 Å². The number of aromatic carboxylic acids is 1. The predicted octanol–water partition coefficient (Wildman–Crippen LogP) is 0.188. The van der Waals surface area contributed by atoms with Crippen LogP contribution < -0.4 is 5.56 Å². The number of carboxylic acid groups (broad SMARTS) is 1. The lowest BCUT2D eigenvalue weighted by atomic mass is 10.3. The number of rotatable bonds is 2. The maximum Gasteiger partial charge on any atom is 0.352 e. The fourth-order valence-electron chi connectivity index (χ4n) is 1.93. The maximum absolute atomic E-state index is 11.9. The average Bonchev–Trinajstić information content (AvgIpc) is 2.89. The van der Waals surface area contributed by atoms with Crippen molar-refractivity contribution < 1.29 is 9.90 Å². The second kappa shape index (κ2) is 4.26. The number of fused-ring (bicyclic) bond motifs is 1. The van der Waals surface area contributed by atoms with Gasteiger partial charge in [-0.05, 0) is 0 Å². The van der Waals surface area contributed by atoms with Crippen molar-refractivity contribution in [2.24, 2.45) is 7.05 Å². The topological polar surface area (TPSA) is 102 Å². The average molecular weight is 271 g/mol. The molecule has 0 amide bonds. The Kier molecular flexibility index (Phi) is 2.56. The van der Waals surface area contributed by atoms with Gasteiger partial charge in [0.25, 0.3) is 5.56 Å². The van der Waals surface area contributed by atoms with Gasteiger partial charge in [0.05, 0.1) is 6.20 Å². The van der Waals surface area contributed by atoms with Crippen LogP contribution in [0.4, 0.5) is 0 Å². The molecule has 0 aliphatic heterocycles. The van der Waals surface area contributed by atoms with Crippen molar-refractivity contribution in [1.29, 1.82) is 0 Å². The summed E-state index contributed by atoms with van der Waals surface area (Å²) < 4.78 is 2.52. The van der Waals surface area contributed by atoms with E-state index in [9.17, 15) is 9.59 Å². The molecule has 0 atom stereocenters. The fourth-order valence-corrected chi connectivity index (χ4v) is 1.93. The smallest absolute Gasteiger partial charge is 0.352 e. The van der Waals surface area contributed by atoms with Gasteiger partial charge < -0.3 is 9.67 Å². The zero-order valence-electron chi connectivity index (χ0n) is 10.4. The van der Waals surface area contributed by atoms with Crippen LogP contribution in [0, 0.1) is 0 Å². The number of nitrogens with zero attached hydrogens (tertiary/aromatic N) is 5. The van der Waals surface area contributed by atoms with Crippen molar-refractivity contribution in [3.63, 3.8) is 0 Å². The van der Waals surface area contributed by atoms with Crippen LogP contribution in [0.15, 0.2) is 35.5 Å². The Hall–Kier alpha value is -3.03. The highest BCUT2D eigenvalue weighted by Gasteiger charge is 2.15. The molecule has 3 heterocycles. The van der Waals surface area contributed by atoms with E-state index in [1.165, 1.54) is 23.2 Å². The summed E-state index contributed by atoms with van der Waals surface area (Å²) in [6, 6.07) is 2.63. The number of carbonyl (C=O) groups is 1. The van der Waals surface area contributed by atoms with Gasteiger partial charge in [-0.2, -0.15) is 9.61 Å². The van der Waals surface area contributed by atoms with E-state index in [-0.39, 0.29) is 5.69 Å². The largest absolute Gasteiger partial charge is 0.477 e. The van der Waals surface area contributed by atoms with E-state index in [0.717, 1.165) is 10.6 Å². The first-order chi connectivity index (χ1) is 9.58. The van der Waals surface area contributed by atoms with E-state index in [1.807, 2.05) is 0 Å². The zero-order valence-corrected chi connectivity index (χ0v) is 10.4. The van der Waals surface area contributed by atoms with Gasteiger partial charge in [-0.25, -0.2) is 4.79 Å². The molecule has 20 heavy (non-hydrogen) atoms. The standard InChI is InChI=1S/C12H9N5O3/c1-16-9(12(19)20)5-11(18)17-10(16)4-7(15-17)8-6-13-2-3-14-8/h2-6H,1H3,(H,19,20). The normalized spacial score (nSPS) is 10.8. The third kappa shape index (κ3) is 1.74. The van der Waals surface area contributed by atoms with Crippen molar-refractivity contribution in [3.05, 3.63) is 46.8 Å². The molecular formula is C12H9N5O3. The zero-order chi connectivity index (χ0) is 14.3. The fraction of sp³-hybridized carbons (Fsp3) is 0.0833. The lowest BCUT2D eigenvalue weighted by molar-refractivity contribution is 0.0685. The molecule has 3 aromatic heterocycles. The highest BCUT2D eigenvalue weighted by atomic mass is 16.4. The number of hydrogen-bond donors (Lipinski definition) is 1. The third-order valence-electron chi connectivity index (χ3n) is 2.91. The minimum absolute atomic E-state index is 0.104. The van der Waals surface area contributed by atoms with Crippen LogP contribution in [-0.2, 0) is 7.05 Å². The Balaban J connectivity index is 2.32. The minimum atomic E-state index is -1.17. The van der Waals surface area contributed by atoms with Crippen molar-refractivity contribution in [2.75, 3.05) is 0 Å². The van der Waals surface area contributed by atoms with Gasteiger partial charge in [0.1, 0.15) is 22.7 Å². The molecule has 0 unspecified atom stereocenters. The number of hydrogen-bond acceptors (Lipinski definition) is 5.